The van der Waals surface area contributed by atoms with Crippen LogP contribution in [0.25, 0.3) is 0 Å². The Labute approximate surface area is 203 Å². The molecule has 0 amide bonds. The number of carbonyl (C=O) groups is 1. The van der Waals surface area contributed by atoms with Gasteiger partial charge in [0, 0.05) is 0 Å². The van der Waals surface area contributed by atoms with Gasteiger partial charge >= 0.3 is 5.97 Å². The zero-order chi connectivity index (χ0) is 24.6. The number of carbonyl (C=O) groups excluding carboxylic acids is 1. The minimum atomic E-state index is -1.27. The predicted molar refractivity (Wildman–Crippen MR) is 126 cm³/mol. The first-order valence-corrected chi connectivity index (χ1v) is 11.3. The van der Waals surface area contributed by atoms with E-state index in [-0.39, 0.29) is 6.61 Å². The standard InChI is InChI=1S/C27H28O8/c1-31-20-12-14-21(15-13-20)33-27-25(35-26(30)19-10-6-3-7-11-19)24(23(29)22(16-28)34-27)32-17-18-8-4-2-5-9-18/h2-15,22-25,27-29H,16-17H2,1H3/t22-,23-,24+,25-,27+/m1/s1. The Hall–Kier alpha value is -3.43. The number of hydrogen-bond acceptors (Lipinski definition) is 8. The Kier molecular flexibility index (Phi) is 8.33. The van der Waals surface area contributed by atoms with E-state index in [0.29, 0.717) is 17.1 Å². The third-order valence-corrected chi connectivity index (χ3v) is 5.65. The van der Waals surface area contributed by atoms with Crippen molar-refractivity contribution < 1.29 is 38.7 Å². The smallest absolute Gasteiger partial charge is 0.338 e. The fourth-order valence-corrected chi connectivity index (χ4v) is 3.77. The molecule has 8 heteroatoms. The molecule has 0 aliphatic carbocycles. The van der Waals surface area contributed by atoms with Crippen LogP contribution in [0.5, 0.6) is 11.5 Å². The summed E-state index contributed by atoms with van der Waals surface area (Å²) in [6.07, 6.45) is -5.60. The Balaban J connectivity index is 1.61. The predicted octanol–water partition coefficient (Wildman–Crippen LogP) is 2.96. The third kappa shape index (κ3) is 6.17. The average Bonchev–Trinajstić information content (AvgIpc) is 2.91. The number of methoxy groups -OCH3 is 1. The van der Waals surface area contributed by atoms with Gasteiger partial charge in [-0.15, -0.1) is 0 Å². The van der Waals surface area contributed by atoms with Crippen molar-refractivity contribution in [3.8, 4) is 11.5 Å². The van der Waals surface area contributed by atoms with Gasteiger partial charge in [0.1, 0.15) is 29.8 Å². The molecular weight excluding hydrogens is 452 g/mol. The highest BCUT2D eigenvalue weighted by Gasteiger charge is 2.49. The normalized spacial score (nSPS) is 23.9. The molecule has 1 aliphatic rings. The summed E-state index contributed by atoms with van der Waals surface area (Å²) in [7, 11) is 1.56. The van der Waals surface area contributed by atoms with E-state index in [4.69, 9.17) is 23.7 Å². The number of benzene rings is 3. The van der Waals surface area contributed by atoms with Crippen LogP contribution >= 0.6 is 0 Å². The average molecular weight is 481 g/mol. The molecule has 1 fully saturated rings. The van der Waals surface area contributed by atoms with E-state index in [1.165, 1.54) is 0 Å². The molecule has 35 heavy (non-hydrogen) atoms. The second-order valence-corrected chi connectivity index (χ2v) is 8.01. The Bertz CT molecular complexity index is 1060. The first-order chi connectivity index (χ1) is 17.1. The lowest BCUT2D eigenvalue weighted by atomic mass is 9.98. The summed E-state index contributed by atoms with van der Waals surface area (Å²) < 4.78 is 28.9. The molecule has 0 saturated carbocycles. The van der Waals surface area contributed by atoms with Crippen molar-refractivity contribution in [2.24, 2.45) is 0 Å². The van der Waals surface area contributed by atoms with E-state index < -0.39 is 43.3 Å². The molecular formula is C27H28O8. The molecule has 3 aromatic carbocycles. The van der Waals surface area contributed by atoms with E-state index in [1.807, 2.05) is 30.3 Å². The molecule has 0 bridgehead atoms. The maximum Gasteiger partial charge on any atom is 0.338 e. The molecule has 3 aromatic rings. The third-order valence-electron chi connectivity index (χ3n) is 5.65. The van der Waals surface area contributed by atoms with Gasteiger partial charge in [0.25, 0.3) is 0 Å². The molecule has 5 atom stereocenters. The van der Waals surface area contributed by atoms with E-state index in [2.05, 4.69) is 0 Å². The van der Waals surface area contributed by atoms with Crippen molar-refractivity contribution in [1.82, 2.24) is 0 Å². The van der Waals surface area contributed by atoms with Crippen LogP contribution in [0.2, 0.25) is 0 Å². The Morgan fingerprint density at radius 1 is 0.886 bits per heavy atom. The van der Waals surface area contributed by atoms with Gasteiger partial charge in [0.05, 0.1) is 25.9 Å². The number of rotatable bonds is 9. The topological polar surface area (TPSA) is 104 Å². The van der Waals surface area contributed by atoms with Crippen LogP contribution in [-0.2, 0) is 20.8 Å². The molecule has 0 aromatic heterocycles. The van der Waals surface area contributed by atoms with Gasteiger partial charge in [-0.25, -0.2) is 4.79 Å². The van der Waals surface area contributed by atoms with E-state index in [1.54, 1.807) is 61.7 Å². The molecule has 4 rings (SSSR count). The van der Waals surface area contributed by atoms with Crippen molar-refractivity contribution in [3.63, 3.8) is 0 Å². The van der Waals surface area contributed by atoms with E-state index in [9.17, 15) is 15.0 Å². The molecule has 8 nitrogen and oxygen atoms in total. The van der Waals surface area contributed by atoms with Crippen LogP contribution in [0.1, 0.15) is 15.9 Å². The fourth-order valence-electron chi connectivity index (χ4n) is 3.77. The van der Waals surface area contributed by atoms with Crippen molar-refractivity contribution in [3.05, 3.63) is 96.1 Å². The van der Waals surface area contributed by atoms with Gasteiger partial charge in [-0.05, 0) is 42.0 Å². The minimum absolute atomic E-state index is 0.148. The number of hydrogen-bond donors (Lipinski definition) is 2. The molecule has 2 N–H and O–H groups in total. The summed E-state index contributed by atoms with van der Waals surface area (Å²) >= 11 is 0. The number of aliphatic hydroxyl groups is 2. The first-order valence-electron chi connectivity index (χ1n) is 11.3. The van der Waals surface area contributed by atoms with Gasteiger partial charge < -0.3 is 33.9 Å². The molecule has 0 spiro atoms. The lowest BCUT2D eigenvalue weighted by molar-refractivity contribution is -0.286. The summed E-state index contributed by atoms with van der Waals surface area (Å²) in [5.74, 6) is 0.443. The highest BCUT2D eigenvalue weighted by Crippen LogP contribution is 2.30. The zero-order valence-electron chi connectivity index (χ0n) is 19.2. The summed E-state index contributed by atoms with van der Waals surface area (Å²) in [6.45, 7) is -0.330. The summed E-state index contributed by atoms with van der Waals surface area (Å²) in [4.78, 5) is 12.9. The maximum absolute atomic E-state index is 12.9. The van der Waals surface area contributed by atoms with Gasteiger partial charge in [-0.2, -0.15) is 0 Å². The molecule has 1 heterocycles. The van der Waals surface area contributed by atoms with Crippen LogP contribution in [-0.4, -0.2) is 60.6 Å². The first kappa shape index (κ1) is 24.7. The van der Waals surface area contributed by atoms with Gasteiger partial charge in [0.2, 0.25) is 6.29 Å². The monoisotopic (exact) mass is 480 g/mol. The van der Waals surface area contributed by atoms with Crippen molar-refractivity contribution in [1.29, 1.82) is 0 Å². The second kappa shape index (κ2) is 11.8. The van der Waals surface area contributed by atoms with E-state index >= 15 is 0 Å². The summed E-state index contributed by atoms with van der Waals surface area (Å²) in [6, 6.07) is 24.7. The van der Waals surface area contributed by atoms with Crippen molar-refractivity contribution in [2.75, 3.05) is 13.7 Å². The van der Waals surface area contributed by atoms with Crippen molar-refractivity contribution >= 4 is 5.97 Å². The maximum atomic E-state index is 12.9. The van der Waals surface area contributed by atoms with Crippen LogP contribution < -0.4 is 9.47 Å². The molecule has 184 valence electrons. The molecule has 0 radical (unpaired) electrons. The van der Waals surface area contributed by atoms with Gasteiger partial charge in [-0.1, -0.05) is 48.5 Å². The summed E-state index contributed by atoms with van der Waals surface area (Å²) in [5, 5.41) is 20.8. The van der Waals surface area contributed by atoms with Gasteiger partial charge in [0.15, 0.2) is 6.10 Å². The zero-order valence-corrected chi connectivity index (χ0v) is 19.2. The van der Waals surface area contributed by atoms with Crippen LogP contribution in [0.3, 0.4) is 0 Å². The number of aliphatic hydroxyl groups excluding tert-OH is 2. The number of esters is 1. The van der Waals surface area contributed by atoms with Gasteiger partial charge in [-0.3, -0.25) is 0 Å². The van der Waals surface area contributed by atoms with Crippen LogP contribution in [0, 0.1) is 0 Å². The minimum Gasteiger partial charge on any atom is -0.497 e. The molecule has 0 unspecified atom stereocenters. The Morgan fingerprint density at radius 3 is 2.14 bits per heavy atom. The van der Waals surface area contributed by atoms with Crippen LogP contribution in [0.4, 0.5) is 0 Å². The largest absolute Gasteiger partial charge is 0.497 e. The highest BCUT2D eigenvalue weighted by molar-refractivity contribution is 5.89. The summed E-state index contributed by atoms with van der Waals surface area (Å²) in [5.41, 5.74) is 1.20. The van der Waals surface area contributed by atoms with Crippen LogP contribution in [0.15, 0.2) is 84.9 Å². The second-order valence-electron chi connectivity index (χ2n) is 8.01. The van der Waals surface area contributed by atoms with E-state index in [0.717, 1.165) is 5.56 Å². The number of ether oxygens (including phenoxy) is 5. The lowest BCUT2D eigenvalue weighted by Crippen LogP contribution is -2.62. The Morgan fingerprint density at radius 2 is 1.51 bits per heavy atom. The van der Waals surface area contributed by atoms with Crippen molar-refractivity contribution in [2.45, 2.75) is 37.3 Å². The quantitative estimate of drug-likeness (QED) is 0.451. The fraction of sp³-hybridized carbons (Fsp3) is 0.296. The molecule has 1 aliphatic heterocycles. The SMILES string of the molecule is COc1ccc(O[C@H]2O[C@H](CO)[C@@H](O)[C@H](OCc3ccccc3)[C@H]2OC(=O)c2ccccc2)cc1. The lowest BCUT2D eigenvalue weighted by Gasteiger charge is -2.43. The molecule has 1 saturated heterocycles. The highest BCUT2D eigenvalue weighted by atomic mass is 16.7.